The summed E-state index contributed by atoms with van der Waals surface area (Å²) in [6, 6.07) is -0.0502. The summed E-state index contributed by atoms with van der Waals surface area (Å²) in [6.07, 6.45) is 8.30. The minimum atomic E-state index is -0.832. The highest BCUT2D eigenvalue weighted by atomic mass is 16.4. The van der Waals surface area contributed by atoms with Crippen LogP contribution in [0.5, 0.6) is 0 Å². The van der Waals surface area contributed by atoms with Gasteiger partial charge in [0.25, 0.3) is 0 Å². The number of nitrogens with one attached hydrogen (secondary N) is 2. The number of carboxylic acids is 1. The molecule has 0 saturated heterocycles. The Morgan fingerprint density at radius 2 is 1.82 bits per heavy atom. The van der Waals surface area contributed by atoms with Crippen LogP contribution in [-0.2, 0) is 4.79 Å². The third-order valence-corrected chi connectivity index (χ3v) is 3.41. The number of rotatable bonds is 3. The van der Waals surface area contributed by atoms with E-state index in [-0.39, 0.29) is 18.1 Å². The molecule has 0 spiro atoms. The molecule has 1 saturated carbocycles. The van der Waals surface area contributed by atoms with Gasteiger partial charge in [0, 0.05) is 6.04 Å². The zero-order valence-electron chi connectivity index (χ0n) is 9.69. The first-order valence-electron chi connectivity index (χ1n) is 6.13. The number of amides is 2. The molecule has 2 rings (SSSR count). The molecular formula is C12H18N2O3. The van der Waals surface area contributed by atoms with Gasteiger partial charge in [0.1, 0.15) is 0 Å². The van der Waals surface area contributed by atoms with Gasteiger partial charge in [-0.05, 0) is 19.3 Å². The Morgan fingerprint density at radius 3 is 2.41 bits per heavy atom. The molecule has 3 N–H and O–H groups in total. The summed E-state index contributed by atoms with van der Waals surface area (Å²) in [4.78, 5) is 22.4. The van der Waals surface area contributed by atoms with E-state index in [9.17, 15) is 9.59 Å². The Hall–Kier alpha value is -1.52. The van der Waals surface area contributed by atoms with Crippen LogP contribution >= 0.6 is 0 Å². The van der Waals surface area contributed by atoms with Crippen LogP contribution in [0.15, 0.2) is 12.2 Å². The van der Waals surface area contributed by atoms with E-state index in [0.717, 1.165) is 12.8 Å². The van der Waals surface area contributed by atoms with Crippen LogP contribution in [-0.4, -0.2) is 29.2 Å². The summed E-state index contributed by atoms with van der Waals surface area (Å²) in [6.45, 7) is 0. The maximum Gasteiger partial charge on any atom is 0.315 e. The predicted molar refractivity (Wildman–Crippen MR) is 62.6 cm³/mol. The molecule has 2 unspecified atom stereocenters. The SMILES string of the molecule is O=C(NC1C=CC(C(=O)O)C1)NC1CCCC1. The summed E-state index contributed by atoms with van der Waals surface area (Å²) < 4.78 is 0. The number of hydrogen-bond donors (Lipinski definition) is 3. The second kappa shape index (κ2) is 5.21. The fourth-order valence-corrected chi connectivity index (χ4v) is 2.45. The van der Waals surface area contributed by atoms with Crippen LogP contribution in [0.1, 0.15) is 32.1 Å². The largest absolute Gasteiger partial charge is 0.481 e. The molecular weight excluding hydrogens is 220 g/mol. The average Bonchev–Trinajstić information content (AvgIpc) is 2.88. The van der Waals surface area contributed by atoms with Crippen LogP contribution in [0.25, 0.3) is 0 Å². The second-order valence-electron chi connectivity index (χ2n) is 4.77. The van der Waals surface area contributed by atoms with Crippen molar-refractivity contribution < 1.29 is 14.7 Å². The molecule has 0 bridgehead atoms. The Bertz CT molecular complexity index is 335. The molecule has 0 radical (unpaired) electrons. The van der Waals surface area contributed by atoms with Gasteiger partial charge in [-0.3, -0.25) is 4.79 Å². The molecule has 0 aliphatic heterocycles. The topological polar surface area (TPSA) is 78.4 Å². The zero-order chi connectivity index (χ0) is 12.3. The molecule has 1 fully saturated rings. The second-order valence-corrected chi connectivity index (χ2v) is 4.77. The number of carboxylic acid groups (broad SMARTS) is 1. The lowest BCUT2D eigenvalue weighted by atomic mass is 10.1. The summed E-state index contributed by atoms with van der Waals surface area (Å²) in [5, 5.41) is 14.5. The van der Waals surface area contributed by atoms with E-state index in [2.05, 4.69) is 10.6 Å². The smallest absolute Gasteiger partial charge is 0.315 e. The highest BCUT2D eigenvalue weighted by molar-refractivity contribution is 5.76. The lowest BCUT2D eigenvalue weighted by Gasteiger charge is -2.16. The average molecular weight is 238 g/mol. The third-order valence-electron chi connectivity index (χ3n) is 3.41. The van der Waals surface area contributed by atoms with Gasteiger partial charge in [-0.15, -0.1) is 0 Å². The molecule has 0 aromatic carbocycles. The summed E-state index contributed by atoms with van der Waals surface area (Å²) in [5.74, 6) is -1.30. The number of carbonyl (C=O) groups excluding carboxylic acids is 1. The van der Waals surface area contributed by atoms with Gasteiger partial charge in [0.05, 0.1) is 12.0 Å². The fraction of sp³-hybridized carbons (Fsp3) is 0.667. The lowest BCUT2D eigenvalue weighted by molar-refractivity contribution is -0.140. The molecule has 2 aliphatic carbocycles. The van der Waals surface area contributed by atoms with Crippen molar-refractivity contribution in [3.8, 4) is 0 Å². The van der Waals surface area contributed by atoms with Gasteiger partial charge in [-0.25, -0.2) is 4.79 Å². The maximum absolute atomic E-state index is 11.6. The number of carbonyl (C=O) groups is 2. The van der Waals surface area contributed by atoms with Crippen molar-refractivity contribution in [1.29, 1.82) is 0 Å². The van der Waals surface area contributed by atoms with E-state index >= 15 is 0 Å². The van der Waals surface area contributed by atoms with E-state index in [1.54, 1.807) is 12.2 Å². The van der Waals surface area contributed by atoms with Crippen LogP contribution in [0.4, 0.5) is 4.79 Å². The monoisotopic (exact) mass is 238 g/mol. The van der Waals surface area contributed by atoms with Crippen molar-refractivity contribution in [2.75, 3.05) is 0 Å². The quantitative estimate of drug-likeness (QED) is 0.648. The fourth-order valence-electron chi connectivity index (χ4n) is 2.45. The van der Waals surface area contributed by atoms with Crippen LogP contribution in [0.2, 0.25) is 0 Å². The van der Waals surface area contributed by atoms with Crippen molar-refractivity contribution >= 4 is 12.0 Å². The number of hydrogen-bond acceptors (Lipinski definition) is 2. The standard InChI is InChI=1S/C12H18N2O3/c15-11(16)8-5-6-10(7-8)14-12(17)13-9-3-1-2-4-9/h5-6,8-10H,1-4,7H2,(H,15,16)(H2,13,14,17). The Kier molecular flexibility index (Phi) is 3.66. The van der Waals surface area contributed by atoms with Gasteiger partial charge < -0.3 is 15.7 Å². The molecule has 5 heteroatoms. The van der Waals surface area contributed by atoms with E-state index in [1.807, 2.05) is 0 Å². The van der Waals surface area contributed by atoms with E-state index < -0.39 is 11.9 Å². The van der Waals surface area contributed by atoms with Crippen molar-refractivity contribution in [3.63, 3.8) is 0 Å². The first-order chi connectivity index (χ1) is 8.15. The highest BCUT2D eigenvalue weighted by Crippen LogP contribution is 2.19. The summed E-state index contributed by atoms with van der Waals surface area (Å²) >= 11 is 0. The number of urea groups is 1. The van der Waals surface area contributed by atoms with E-state index in [4.69, 9.17) is 5.11 Å². The Morgan fingerprint density at radius 1 is 1.12 bits per heavy atom. The van der Waals surface area contributed by atoms with Gasteiger partial charge in [0.15, 0.2) is 0 Å². The first kappa shape index (κ1) is 12.0. The minimum absolute atomic E-state index is 0.155. The van der Waals surface area contributed by atoms with Gasteiger partial charge in [-0.1, -0.05) is 25.0 Å². The third kappa shape index (κ3) is 3.22. The minimum Gasteiger partial charge on any atom is -0.481 e. The van der Waals surface area contributed by atoms with Crippen LogP contribution in [0, 0.1) is 5.92 Å². The molecule has 2 atom stereocenters. The van der Waals surface area contributed by atoms with Gasteiger partial charge in [0.2, 0.25) is 0 Å². The summed E-state index contributed by atoms with van der Waals surface area (Å²) in [5.41, 5.74) is 0. The molecule has 94 valence electrons. The Balaban J connectivity index is 1.72. The van der Waals surface area contributed by atoms with Crippen molar-refractivity contribution in [3.05, 3.63) is 12.2 Å². The van der Waals surface area contributed by atoms with E-state index in [0.29, 0.717) is 6.42 Å². The molecule has 5 nitrogen and oxygen atoms in total. The molecule has 2 amide bonds. The molecule has 0 aromatic rings. The first-order valence-corrected chi connectivity index (χ1v) is 6.13. The molecule has 0 heterocycles. The number of aliphatic carboxylic acids is 1. The van der Waals surface area contributed by atoms with Crippen LogP contribution in [0.3, 0.4) is 0 Å². The van der Waals surface area contributed by atoms with Crippen molar-refractivity contribution in [1.82, 2.24) is 10.6 Å². The van der Waals surface area contributed by atoms with Crippen molar-refractivity contribution in [2.45, 2.75) is 44.2 Å². The predicted octanol–water partition coefficient (Wildman–Crippen LogP) is 1.26. The van der Waals surface area contributed by atoms with Crippen LogP contribution < -0.4 is 10.6 Å². The van der Waals surface area contributed by atoms with Gasteiger partial charge in [-0.2, -0.15) is 0 Å². The maximum atomic E-state index is 11.6. The van der Waals surface area contributed by atoms with Crippen molar-refractivity contribution in [2.24, 2.45) is 5.92 Å². The van der Waals surface area contributed by atoms with E-state index in [1.165, 1.54) is 12.8 Å². The Labute approximate surface area is 100 Å². The highest BCUT2D eigenvalue weighted by Gasteiger charge is 2.26. The lowest BCUT2D eigenvalue weighted by Crippen LogP contribution is -2.44. The zero-order valence-corrected chi connectivity index (χ0v) is 9.69. The normalized spacial score (nSPS) is 28.2. The molecule has 17 heavy (non-hydrogen) atoms. The molecule has 0 aromatic heterocycles. The molecule has 2 aliphatic rings. The van der Waals surface area contributed by atoms with Gasteiger partial charge >= 0.3 is 12.0 Å². The summed E-state index contributed by atoms with van der Waals surface area (Å²) in [7, 11) is 0.